The fourth-order valence-corrected chi connectivity index (χ4v) is 2.97. The van der Waals surface area contributed by atoms with Gasteiger partial charge in [0.25, 0.3) is 0 Å². The first kappa shape index (κ1) is 18.7. The molecule has 1 heterocycles. The van der Waals surface area contributed by atoms with Crippen LogP contribution in [0.1, 0.15) is 35.7 Å². The summed E-state index contributed by atoms with van der Waals surface area (Å²) in [7, 11) is 0. The molecule has 1 aromatic heterocycles. The largest absolute Gasteiger partial charge is 0.494 e. The van der Waals surface area contributed by atoms with Gasteiger partial charge in [-0.25, -0.2) is 0 Å². The van der Waals surface area contributed by atoms with Crippen molar-refractivity contribution >= 4 is 22.6 Å². The van der Waals surface area contributed by atoms with E-state index in [1.165, 1.54) is 17.9 Å². The zero-order chi connectivity index (χ0) is 19.1. The van der Waals surface area contributed by atoms with Crippen LogP contribution in [-0.2, 0) is 11.2 Å². The third kappa shape index (κ3) is 5.20. The molecule has 0 saturated heterocycles. The quantitative estimate of drug-likeness (QED) is 0.447. The van der Waals surface area contributed by atoms with Gasteiger partial charge in [0.05, 0.1) is 6.61 Å². The van der Waals surface area contributed by atoms with E-state index in [9.17, 15) is 9.59 Å². The summed E-state index contributed by atoms with van der Waals surface area (Å²) in [5.74, 6) is 0.774. The number of nitrogens with one attached hydrogen (secondary N) is 2. The molecule has 2 aromatic carbocycles. The number of fused-ring (bicyclic) bond motifs is 1. The number of Topliss-reactive ketones (excluding diaryl/α,β-unsaturated/α-hetero) is 1. The molecule has 3 aromatic rings. The Labute approximate surface area is 158 Å². The average molecular weight is 364 g/mol. The molecule has 0 radical (unpaired) electrons. The Hall–Kier alpha value is -3.08. The van der Waals surface area contributed by atoms with Gasteiger partial charge < -0.3 is 15.0 Å². The normalized spacial score (nSPS) is 10.7. The number of hydrogen-bond donors (Lipinski definition) is 2. The van der Waals surface area contributed by atoms with E-state index in [0.29, 0.717) is 37.3 Å². The molecule has 0 unspecified atom stereocenters. The molecule has 0 aliphatic heterocycles. The van der Waals surface area contributed by atoms with E-state index >= 15 is 0 Å². The minimum absolute atomic E-state index is 0.0327. The van der Waals surface area contributed by atoms with Gasteiger partial charge in [-0.15, -0.1) is 0 Å². The fourth-order valence-electron chi connectivity index (χ4n) is 2.97. The third-order valence-electron chi connectivity index (χ3n) is 4.47. The molecular formula is C22H24N2O3. The second kappa shape index (κ2) is 9.03. The number of hydrogen-bond acceptors (Lipinski definition) is 3. The lowest BCUT2D eigenvalue weighted by Gasteiger charge is -2.07. The first-order valence-electron chi connectivity index (χ1n) is 9.19. The first-order valence-corrected chi connectivity index (χ1v) is 9.19. The summed E-state index contributed by atoms with van der Waals surface area (Å²) in [5.41, 5.74) is 2.99. The number of ether oxygens (including phenoxy) is 1. The predicted molar refractivity (Wildman–Crippen MR) is 106 cm³/mol. The maximum atomic E-state index is 12.0. The molecule has 140 valence electrons. The molecule has 2 N–H and O–H groups in total. The van der Waals surface area contributed by atoms with Crippen LogP contribution in [0.2, 0.25) is 0 Å². The van der Waals surface area contributed by atoms with Gasteiger partial charge in [0.2, 0.25) is 5.91 Å². The molecule has 0 bridgehead atoms. The lowest BCUT2D eigenvalue weighted by atomic mass is 10.1. The zero-order valence-corrected chi connectivity index (χ0v) is 15.5. The van der Waals surface area contributed by atoms with Crippen LogP contribution in [0.4, 0.5) is 0 Å². The standard InChI is InChI=1S/C22H24N2O3/c1-16(25)17-8-10-19(11-9-17)27-14-4-7-22(26)23-13-12-18-15-24-21-6-3-2-5-20(18)21/h2-3,5-6,8-11,15,24H,4,7,12-14H2,1H3,(H,23,26). The van der Waals surface area contributed by atoms with Crippen LogP contribution in [0, 0.1) is 0 Å². The Balaban J connectivity index is 1.33. The lowest BCUT2D eigenvalue weighted by Crippen LogP contribution is -2.25. The van der Waals surface area contributed by atoms with Gasteiger partial charge in [-0.05, 0) is 55.7 Å². The van der Waals surface area contributed by atoms with Crippen LogP contribution in [0.3, 0.4) is 0 Å². The monoisotopic (exact) mass is 364 g/mol. The van der Waals surface area contributed by atoms with Crippen LogP contribution >= 0.6 is 0 Å². The zero-order valence-electron chi connectivity index (χ0n) is 15.5. The average Bonchev–Trinajstić information content (AvgIpc) is 3.09. The highest BCUT2D eigenvalue weighted by molar-refractivity contribution is 5.94. The Kier molecular flexibility index (Phi) is 6.26. The van der Waals surface area contributed by atoms with Crippen LogP contribution < -0.4 is 10.1 Å². The van der Waals surface area contributed by atoms with Gasteiger partial charge >= 0.3 is 0 Å². The van der Waals surface area contributed by atoms with Gasteiger partial charge in [-0.2, -0.15) is 0 Å². The summed E-state index contributed by atoms with van der Waals surface area (Å²) in [6.45, 7) is 2.62. The lowest BCUT2D eigenvalue weighted by molar-refractivity contribution is -0.121. The second-order valence-electron chi connectivity index (χ2n) is 6.49. The number of aromatic nitrogens is 1. The Morgan fingerprint density at radius 1 is 1.07 bits per heavy atom. The molecule has 0 saturated carbocycles. The van der Waals surface area contributed by atoms with E-state index in [1.807, 2.05) is 24.4 Å². The SMILES string of the molecule is CC(=O)c1ccc(OCCCC(=O)NCCc2c[nH]c3ccccc23)cc1. The minimum Gasteiger partial charge on any atom is -0.494 e. The van der Waals surface area contributed by atoms with Crippen molar-refractivity contribution in [2.75, 3.05) is 13.2 Å². The van der Waals surface area contributed by atoms with Crippen molar-refractivity contribution in [1.29, 1.82) is 0 Å². The molecule has 5 nitrogen and oxygen atoms in total. The van der Waals surface area contributed by atoms with Gasteiger partial charge in [-0.1, -0.05) is 18.2 Å². The van der Waals surface area contributed by atoms with E-state index in [1.54, 1.807) is 24.3 Å². The first-order chi connectivity index (χ1) is 13.1. The summed E-state index contributed by atoms with van der Waals surface area (Å²) >= 11 is 0. The summed E-state index contributed by atoms with van der Waals surface area (Å²) in [6.07, 6.45) is 3.88. The molecular weight excluding hydrogens is 340 g/mol. The van der Waals surface area contributed by atoms with Gasteiger partial charge in [0.15, 0.2) is 5.78 Å². The van der Waals surface area contributed by atoms with Crippen LogP contribution in [0.5, 0.6) is 5.75 Å². The van der Waals surface area contributed by atoms with Crippen LogP contribution in [0.15, 0.2) is 54.7 Å². The van der Waals surface area contributed by atoms with Gasteiger partial charge in [0, 0.05) is 35.6 Å². The van der Waals surface area contributed by atoms with Crippen molar-refractivity contribution in [2.45, 2.75) is 26.2 Å². The van der Waals surface area contributed by atoms with Crippen molar-refractivity contribution in [3.63, 3.8) is 0 Å². The minimum atomic E-state index is 0.0327. The topological polar surface area (TPSA) is 71.2 Å². The van der Waals surface area contributed by atoms with Crippen LogP contribution in [-0.4, -0.2) is 29.8 Å². The molecule has 0 aliphatic rings. The molecule has 0 spiro atoms. The number of H-pyrrole nitrogens is 1. The maximum absolute atomic E-state index is 12.0. The smallest absolute Gasteiger partial charge is 0.220 e. The number of benzene rings is 2. The highest BCUT2D eigenvalue weighted by Gasteiger charge is 2.05. The summed E-state index contributed by atoms with van der Waals surface area (Å²) in [6, 6.07) is 15.2. The highest BCUT2D eigenvalue weighted by Crippen LogP contribution is 2.17. The molecule has 3 rings (SSSR count). The number of rotatable bonds is 9. The summed E-state index contributed by atoms with van der Waals surface area (Å²) in [5, 5.41) is 4.16. The number of carbonyl (C=O) groups is 2. The van der Waals surface area contributed by atoms with Crippen LogP contribution in [0.25, 0.3) is 10.9 Å². The molecule has 0 atom stereocenters. The number of para-hydroxylation sites is 1. The second-order valence-corrected chi connectivity index (χ2v) is 6.49. The predicted octanol–water partition coefficient (Wildman–Crippen LogP) is 3.89. The number of carbonyl (C=O) groups excluding carboxylic acids is 2. The van der Waals surface area contributed by atoms with Crippen molar-refractivity contribution in [3.05, 3.63) is 65.9 Å². The Morgan fingerprint density at radius 3 is 2.63 bits per heavy atom. The fraction of sp³-hybridized carbons (Fsp3) is 0.273. The molecule has 1 amide bonds. The maximum Gasteiger partial charge on any atom is 0.220 e. The van der Waals surface area contributed by atoms with Crippen molar-refractivity contribution in [3.8, 4) is 5.75 Å². The number of aromatic amines is 1. The van der Waals surface area contributed by atoms with Gasteiger partial charge in [-0.3, -0.25) is 9.59 Å². The van der Waals surface area contributed by atoms with E-state index < -0.39 is 0 Å². The van der Waals surface area contributed by atoms with Crippen molar-refractivity contribution in [1.82, 2.24) is 10.3 Å². The van der Waals surface area contributed by atoms with E-state index in [2.05, 4.69) is 16.4 Å². The summed E-state index contributed by atoms with van der Waals surface area (Å²) < 4.78 is 5.61. The number of amides is 1. The van der Waals surface area contributed by atoms with E-state index in [-0.39, 0.29) is 11.7 Å². The number of ketones is 1. The van der Waals surface area contributed by atoms with Crippen molar-refractivity contribution in [2.24, 2.45) is 0 Å². The highest BCUT2D eigenvalue weighted by atomic mass is 16.5. The third-order valence-corrected chi connectivity index (χ3v) is 4.47. The molecule has 0 fully saturated rings. The van der Waals surface area contributed by atoms with E-state index in [0.717, 1.165) is 11.9 Å². The summed E-state index contributed by atoms with van der Waals surface area (Å²) in [4.78, 5) is 26.4. The molecule has 5 heteroatoms. The molecule has 27 heavy (non-hydrogen) atoms. The van der Waals surface area contributed by atoms with Gasteiger partial charge in [0.1, 0.15) is 5.75 Å². The molecule has 0 aliphatic carbocycles. The van der Waals surface area contributed by atoms with E-state index in [4.69, 9.17) is 4.74 Å². The van der Waals surface area contributed by atoms with Crippen molar-refractivity contribution < 1.29 is 14.3 Å². The Bertz CT molecular complexity index is 913. The Morgan fingerprint density at radius 2 is 1.85 bits per heavy atom.